The van der Waals surface area contributed by atoms with Crippen molar-refractivity contribution in [3.8, 4) is 17.2 Å². The molecule has 2 rings (SSSR count). The van der Waals surface area contributed by atoms with Crippen LogP contribution < -0.4 is 14.2 Å². The molecule has 1 heterocycles. The molecule has 8 nitrogen and oxygen atoms in total. The Hall–Kier alpha value is -3.29. The van der Waals surface area contributed by atoms with E-state index in [2.05, 4.69) is 4.98 Å². The SMILES string of the molecule is COc1ccc(C(=O)OC(C)C(=O)c2[nH]c(C)c(C(C)=O)c2C)c(OC)c1OC. The molecular formula is C21H25NO7. The first-order valence-corrected chi connectivity index (χ1v) is 8.92. The fraction of sp³-hybridized carbons (Fsp3) is 0.381. The van der Waals surface area contributed by atoms with Gasteiger partial charge in [0.05, 0.1) is 27.0 Å². The molecule has 156 valence electrons. The smallest absolute Gasteiger partial charge is 0.342 e. The monoisotopic (exact) mass is 403 g/mol. The van der Waals surface area contributed by atoms with E-state index >= 15 is 0 Å². The van der Waals surface area contributed by atoms with E-state index in [1.54, 1.807) is 19.9 Å². The van der Waals surface area contributed by atoms with Crippen molar-refractivity contribution in [3.63, 3.8) is 0 Å². The number of hydrogen-bond donors (Lipinski definition) is 1. The van der Waals surface area contributed by atoms with Gasteiger partial charge in [-0.3, -0.25) is 9.59 Å². The highest BCUT2D eigenvalue weighted by molar-refractivity contribution is 6.06. The van der Waals surface area contributed by atoms with Crippen molar-refractivity contribution in [1.29, 1.82) is 0 Å². The molecule has 0 aliphatic rings. The van der Waals surface area contributed by atoms with Gasteiger partial charge in [0, 0.05) is 11.3 Å². The lowest BCUT2D eigenvalue weighted by Crippen LogP contribution is -2.25. The maximum atomic E-state index is 12.8. The molecular weight excluding hydrogens is 378 g/mol. The first kappa shape index (κ1) is 22.0. The van der Waals surface area contributed by atoms with Crippen molar-refractivity contribution in [1.82, 2.24) is 4.98 Å². The van der Waals surface area contributed by atoms with Gasteiger partial charge in [0.15, 0.2) is 23.4 Å². The van der Waals surface area contributed by atoms with Gasteiger partial charge in [0.25, 0.3) is 0 Å². The van der Waals surface area contributed by atoms with Crippen LogP contribution in [-0.4, -0.2) is 50.0 Å². The summed E-state index contributed by atoms with van der Waals surface area (Å²) in [6.45, 7) is 6.30. The molecule has 1 unspecified atom stereocenters. The Balaban J connectivity index is 2.31. The second-order valence-corrected chi connectivity index (χ2v) is 6.47. The largest absolute Gasteiger partial charge is 0.493 e. The molecule has 0 spiro atoms. The molecule has 0 fully saturated rings. The van der Waals surface area contributed by atoms with Crippen molar-refractivity contribution in [2.75, 3.05) is 21.3 Å². The lowest BCUT2D eigenvalue weighted by Gasteiger charge is -2.17. The van der Waals surface area contributed by atoms with E-state index in [4.69, 9.17) is 18.9 Å². The molecule has 0 amide bonds. The molecule has 1 N–H and O–H groups in total. The predicted molar refractivity (Wildman–Crippen MR) is 106 cm³/mol. The Morgan fingerprint density at radius 2 is 1.59 bits per heavy atom. The number of ketones is 2. The number of Topliss-reactive ketones (excluding diaryl/α,β-unsaturated/α-hetero) is 2. The molecule has 1 aromatic carbocycles. The van der Waals surface area contributed by atoms with Crippen molar-refractivity contribution >= 4 is 17.5 Å². The highest BCUT2D eigenvalue weighted by Crippen LogP contribution is 2.40. The molecule has 1 atom stereocenters. The summed E-state index contributed by atoms with van der Waals surface area (Å²) in [5, 5.41) is 0. The maximum absolute atomic E-state index is 12.8. The fourth-order valence-electron chi connectivity index (χ4n) is 3.27. The van der Waals surface area contributed by atoms with Gasteiger partial charge in [0.2, 0.25) is 11.5 Å². The van der Waals surface area contributed by atoms with Crippen molar-refractivity contribution in [2.45, 2.75) is 33.8 Å². The maximum Gasteiger partial charge on any atom is 0.342 e. The van der Waals surface area contributed by atoms with E-state index in [-0.39, 0.29) is 28.5 Å². The highest BCUT2D eigenvalue weighted by Gasteiger charge is 2.28. The molecule has 0 aliphatic carbocycles. The summed E-state index contributed by atoms with van der Waals surface area (Å²) in [6, 6.07) is 3.01. The third-order valence-corrected chi connectivity index (χ3v) is 4.61. The van der Waals surface area contributed by atoms with E-state index in [0.717, 1.165) is 0 Å². The van der Waals surface area contributed by atoms with Crippen LogP contribution in [0.2, 0.25) is 0 Å². The molecule has 2 aromatic rings. The molecule has 1 aromatic heterocycles. The Labute approximate surface area is 169 Å². The van der Waals surface area contributed by atoms with Crippen LogP contribution in [0, 0.1) is 13.8 Å². The summed E-state index contributed by atoms with van der Waals surface area (Å²) in [5.74, 6) is -0.566. The van der Waals surface area contributed by atoms with Gasteiger partial charge in [-0.25, -0.2) is 4.79 Å². The minimum Gasteiger partial charge on any atom is -0.493 e. The summed E-state index contributed by atoms with van der Waals surface area (Å²) in [6.07, 6.45) is -1.09. The Kier molecular flexibility index (Phi) is 6.68. The second-order valence-electron chi connectivity index (χ2n) is 6.47. The average molecular weight is 403 g/mol. The summed E-state index contributed by atoms with van der Waals surface area (Å²) in [4.78, 5) is 40.2. The summed E-state index contributed by atoms with van der Waals surface area (Å²) < 4.78 is 21.1. The minimum absolute atomic E-state index is 0.0913. The van der Waals surface area contributed by atoms with Gasteiger partial charge in [0.1, 0.15) is 5.56 Å². The molecule has 29 heavy (non-hydrogen) atoms. The van der Waals surface area contributed by atoms with Gasteiger partial charge in [-0.05, 0) is 45.4 Å². The van der Waals surface area contributed by atoms with Crippen molar-refractivity contribution in [2.24, 2.45) is 0 Å². The zero-order valence-corrected chi connectivity index (χ0v) is 17.6. The van der Waals surface area contributed by atoms with Gasteiger partial charge < -0.3 is 23.9 Å². The van der Waals surface area contributed by atoms with Crippen LogP contribution in [0.25, 0.3) is 0 Å². The fourth-order valence-corrected chi connectivity index (χ4v) is 3.27. The molecule has 0 bridgehead atoms. The van der Waals surface area contributed by atoms with E-state index in [1.807, 2.05) is 0 Å². The lowest BCUT2D eigenvalue weighted by molar-refractivity contribution is 0.0313. The van der Waals surface area contributed by atoms with Crippen molar-refractivity contribution < 1.29 is 33.3 Å². The molecule has 0 aliphatic heterocycles. The molecule has 0 saturated heterocycles. The van der Waals surface area contributed by atoms with Crippen molar-refractivity contribution in [3.05, 3.63) is 40.2 Å². The number of hydrogen-bond acceptors (Lipinski definition) is 7. The van der Waals surface area contributed by atoms with Crippen LogP contribution in [0.15, 0.2) is 12.1 Å². The summed E-state index contributed by atoms with van der Waals surface area (Å²) in [5.41, 5.74) is 1.93. The number of ether oxygens (including phenoxy) is 4. The number of rotatable bonds is 8. The summed E-state index contributed by atoms with van der Waals surface area (Å²) >= 11 is 0. The lowest BCUT2D eigenvalue weighted by atomic mass is 10.0. The quantitative estimate of drug-likeness (QED) is 0.533. The summed E-state index contributed by atoms with van der Waals surface area (Å²) in [7, 11) is 4.27. The topological polar surface area (TPSA) is 104 Å². The van der Waals surface area contributed by atoms with Gasteiger partial charge in [-0.15, -0.1) is 0 Å². The molecule has 0 radical (unpaired) electrons. The number of nitrogens with one attached hydrogen (secondary N) is 1. The zero-order chi connectivity index (χ0) is 21.9. The standard InChI is InChI=1S/C21H25NO7/c1-10-16(12(3)23)11(2)22-17(10)18(24)13(4)29-21(25)14-8-9-15(26-5)20(28-7)19(14)27-6/h8-9,13,22H,1-7H3. The van der Waals surface area contributed by atoms with Gasteiger partial charge in [-0.2, -0.15) is 0 Å². The number of carbonyl (C=O) groups is 3. The predicted octanol–water partition coefficient (Wildman–Crippen LogP) is 3.29. The number of carbonyl (C=O) groups excluding carboxylic acids is 3. The number of aryl methyl sites for hydroxylation is 1. The van der Waals surface area contributed by atoms with E-state index in [0.29, 0.717) is 22.6 Å². The van der Waals surface area contributed by atoms with Gasteiger partial charge in [-0.1, -0.05) is 0 Å². The zero-order valence-electron chi connectivity index (χ0n) is 17.6. The van der Waals surface area contributed by atoms with E-state index in [1.165, 1.54) is 41.2 Å². The molecule has 0 saturated carbocycles. The number of aromatic amines is 1. The Bertz CT molecular complexity index is 958. The minimum atomic E-state index is -1.09. The Morgan fingerprint density at radius 3 is 2.07 bits per heavy atom. The van der Waals surface area contributed by atoms with Crippen LogP contribution >= 0.6 is 0 Å². The first-order chi connectivity index (χ1) is 13.7. The number of H-pyrrole nitrogens is 1. The van der Waals surface area contributed by atoms with Crippen LogP contribution in [0.4, 0.5) is 0 Å². The van der Waals surface area contributed by atoms with Crippen LogP contribution in [0.3, 0.4) is 0 Å². The number of esters is 1. The molecule has 8 heteroatoms. The van der Waals surface area contributed by atoms with E-state index < -0.39 is 17.9 Å². The van der Waals surface area contributed by atoms with Crippen LogP contribution in [-0.2, 0) is 4.74 Å². The van der Waals surface area contributed by atoms with Crippen LogP contribution in [0.5, 0.6) is 17.2 Å². The van der Waals surface area contributed by atoms with E-state index in [9.17, 15) is 14.4 Å². The van der Waals surface area contributed by atoms with Crippen LogP contribution in [0.1, 0.15) is 56.3 Å². The highest BCUT2D eigenvalue weighted by atomic mass is 16.6. The number of benzene rings is 1. The Morgan fingerprint density at radius 1 is 0.966 bits per heavy atom. The average Bonchev–Trinajstić information content (AvgIpc) is 2.99. The normalized spacial score (nSPS) is 11.6. The van der Waals surface area contributed by atoms with Gasteiger partial charge >= 0.3 is 5.97 Å². The first-order valence-electron chi connectivity index (χ1n) is 8.92. The third-order valence-electron chi connectivity index (χ3n) is 4.61. The third kappa shape index (κ3) is 4.11. The second kappa shape index (κ2) is 8.81. The number of methoxy groups -OCH3 is 3. The number of aromatic nitrogens is 1.